The molecule has 2 amide bonds. The van der Waals surface area contributed by atoms with Gasteiger partial charge >= 0.3 is 0 Å². The van der Waals surface area contributed by atoms with Crippen molar-refractivity contribution in [3.8, 4) is 0 Å². The van der Waals surface area contributed by atoms with Gasteiger partial charge in [0.2, 0.25) is 11.8 Å². The zero-order chi connectivity index (χ0) is 30.3. The predicted octanol–water partition coefficient (Wildman–Crippen LogP) is 6.58. The molecule has 0 saturated heterocycles. The number of nitrogens with zero attached hydrogens (tertiary/aromatic N) is 2. The summed E-state index contributed by atoms with van der Waals surface area (Å²) in [6, 6.07) is 16.8. The van der Waals surface area contributed by atoms with Gasteiger partial charge in [0.1, 0.15) is 18.4 Å². The monoisotopic (exact) mass is 633 g/mol. The Morgan fingerprint density at radius 3 is 2.29 bits per heavy atom. The van der Waals surface area contributed by atoms with Crippen LogP contribution in [0, 0.1) is 5.82 Å². The zero-order valence-corrected chi connectivity index (χ0v) is 25.6. The summed E-state index contributed by atoms with van der Waals surface area (Å²) >= 11 is 12.7. The highest BCUT2D eigenvalue weighted by Crippen LogP contribution is 2.33. The lowest BCUT2D eigenvalue weighted by Gasteiger charge is -2.34. The number of hydrogen-bond donors (Lipinski definition) is 1. The van der Waals surface area contributed by atoms with Crippen molar-refractivity contribution >= 4 is 50.7 Å². The smallest absolute Gasteiger partial charge is 0.264 e. The standard InChI is InChI=1S/C31H34Cl2FN3O4S/c1-2-28(31(39)35-25-9-5-3-6-10-25)36(20-22-13-16-24(34)17-14-22)30(38)21-37(29-19-23(32)15-18-27(29)33)42(40,41)26-11-7-4-8-12-26/h4,7-8,11-19,25,28H,2-3,5-6,9-10,20-21H2,1H3,(H,35,39)/t28-/m1/s1. The maximum Gasteiger partial charge on any atom is 0.264 e. The van der Waals surface area contributed by atoms with Gasteiger partial charge in [0.05, 0.1) is 15.6 Å². The van der Waals surface area contributed by atoms with E-state index in [0.29, 0.717) is 5.56 Å². The van der Waals surface area contributed by atoms with Crippen LogP contribution in [0.3, 0.4) is 0 Å². The van der Waals surface area contributed by atoms with Gasteiger partial charge in [0.25, 0.3) is 10.0 Å². The highest BCUT2D eigenvalue weighted by atomic mass is 35.5. The van der Waals surface area contributed by atoms with Crippen LogP contribution in [-0.2, 0) is 26.2 Å². The molecule has 1 aliphatic rings. The number of nitrogens with one attached hydrogen (secondary N) is 1. The van der Waals surface area contributed by atoms with Gasteiger partial charge in [-0.3, -0.25) is 13.9 Å². The Morgan fingerprint density at radius 2 is 1.64 bits per heavy atom. The molecule has 1 aliphatic carbocycles. The molecule has 0 bridgehead atoms. The molecule has 1 fully saturated rings. The molecule has 0 aromatic heterocycles. The van der Waals surface area contributed by atoms with Gasteiger partial charge < -0.3 is 10.2 Å². The SMILES string of the molecule is CC[C@H](C(=O)NC1CCCCC1)N(Cc1ccc(F)cc1)C(=O)CN(c1cc(Cl)ccc1Cl)S(=O)(=O)c1ccccc1. The molecule has 0 aliphatic heterocycles. The highest BCUT2D eigenvalue weighted by molar-refractivity contribution is 7.92. The van der Waals surface area contributed by atoms with Crippen molar-refractivity contribution in [2.75, 3.05) is 10.8 Å². The fraction of sp³-hybridized carbons (Fsp3) is 0.355. The second-order valence-electron chi connectivity index (χ2n) is 10.3. The quantitative estimate of drug-likeness (QED) is 0.258. The molecule has 224 valence electrons. The third-order valence-corrected chi connectivity index (χ3v) is 9.72. The lowest BCUT2D eigenvalue weighted by molar-refractivity contribution is -0.140. The van der Waals surface area contributed by atoms with Crippen LogP contribution in [0.2, 0.25) is 10.0 Å². The predicted molar refractivity (Wildman–Crippen MR) is 163 cm³/mol. The highest BCUT2D eigenvalue weighted by Gasteiger charge is 2.35. The van der Waals surface area contributed by atoms with E-state index in [2.05, 4.69) is 5.32 Å². The first-order valence-electron chi connectivity index (χ1n) is 14.0. The molecule has 1 N–H and O–H groups in total. The lowest BCUT2D eigenvalue weighted by atomic mass is 9.95. The maximum absolute atomic E-state index is 14.2. The van der Waals surface area contributed by atoms with Crippen LogP contribution < -0.4 is 9.62 Å². The summed E-state index contributed by atoms with van der Waals surface area (Å²) in [5, 5.41) is 3.41. The normalized spacial score (nSPS) is 14.7. The van der Waals surface area contributed by atoms with E-state index in [1.807, 2.05) is 0 Å². The molecule has 1 atom stereocenters. The summed E-state index contributed by atoms with van der Waals surface area (Å²) in [4.78, 5) is 29.0. The van der Waals surface area contributed by atoms with Crippen LogP contribution in [0.4, 0.5) is 10.1 Å². The molecule has 42 heavy (non-hydrogen) atoms. The van der Waals surface area contributed by atoms with Crippen LogP contribution in [0.1, 0.15) is 51.0 Å². The third kappa shape index (κ3) is 7.82. The topological polar surface area (TPSA) is 86.8 Å². The molecular formula is C31H34Cl2FN3O4S. The van der Waals surface area contributed by atoms with Gasteiger partial charge in [0.15, 0.2) is 0 Å². The van der Waals surface area contributed by atoms with E-state index >= 15 is 0 Å². The minimum absolute atomic E-state index is 0.0169. The Labute approximate surface area is 256 Å². The van der Waals surface area contributed by atoms with Crippen LogP contribution in [0.5, 0.6) is 0 Å². The van der Waals surface area contributed by atoms with Crippen LogP contribution in [0.15, 0.2) is 77.7 Å². The number of amides is 2. The van der Waals surface area contributed by atoms with E-state index in [1.165, 1.54) is 59.5 Å². The lowest BCUT2D eigenvalue weighted by Crippen LogP contribution is -2.54. The number of halogens is 3. The molecule has 0 radical (unpaired) electrons. The number of benzene rings is 3. The first-order valence-corrected chi connectivity index (χ1v) is 16.2. The van der Waals surface area contributed by atoms with Crippen molar-refractivity contribution in [1.82, 2.24) is 10.2 Å². The van der Waals surface area contributed by atoms with Gasteiger partial charge in [-0.1, -0.05) is 79.7 Å². The number of hydrogen-bond acceptors (Lipinski definition) is 4. The van der Waals surface area contributed by atoms with Crippen molar-refractivity contribution in [2.24, 2.45) is 0 Å². The number of carbonyl (C=O) groups excluding carboxylic acids is 2. The Kier molecular flexibility index (Phi) is 10.9. The van der Waals surface area contributed by atoms with E-state index < -0.39 is 34.3 Å². The van der Waals surface area contributed by atoms with E-state index in [9.17, 15) is 22.4 Å². The van der Waals surface area contributed by atoms with Crippen molar-refractivity contribution in [1.29, 1.82) is 0 Å². The fourth-order valence-corrected chi connectivity index (χ4v) is 7.04. The number of carbonyl (C=O) groups is 2. The van der Waals surface area contributed by atoms with Crippen molar-refractivity contribution in [3.63, 3.8) is 0 Å². The molecule has 11 heteroatoms. The molecule has 3 aromatic carbocycles. The first-order chi connectivity index (χ1) is 20.1. The van der Waals surface area contributed by atoms with E-state index in [0.717, 1.165) is 36.4 Å². The fourth-order valence-electron chi connectivity index (χ4n) is 5.16. The van der Waals surface area contributed by atoms with Gasteiger partial charge in [-0.15, -0.1) is 0 Å². The minimum Gasteiger partial charge on any atom is -0.352 e. The zero-order valence-electron chi connectivity index (χ0n) is 23.3. The van der Waals surface area contributed by atoms with Crippen LogP contribution in [0.25, 0.3) is 0 Å². The molecule has 4 rings (SSSR count). The third-order valence-electron chi connectivity index (χ3n) is 7.39. The van der Waals surface area contributed by atoms with Crippen molar-refractivity contribution < 1.29 is 22.4 Å². The molecular weight excluding hydrogens is 600 g/mol. The second kappa shape index (κ2) is 14.4. The largest absolute Gasteiger partial charge is 0.352 e. The summed E-state index contributed by atoms with van der Waals surface area (Å²) in [5.74, 6) is -1.37. The summed E-state index contributed by atoms with van der Waals surface area (Å²) in [7, 11) is -4.28. The minimum atomic E-state index is -4.28. The number of anilines is 1. The van der Waals surface area contributed by atoms with Crippen LogP contribution >= 0.6 is 23.2 Å². The number of rotatable bonds is 11. The second-order valence-corrected chi connectivity index (χ2v) is 13.0. The first kappa shape index (κ1) is 31.8. The number of sulfonamides is 1. The molecule has 1 saturated carbocycles. The Balaban J connectivity index is 1.72. The van der Waals surface area contributed by atoms with Crippen molar-refractivity contribution in [3.05, 3.63) is 94.2 Å². The van der Waals surface area contributed by atoms with Gasteiger partial charge in [-0.25, -0.2) is 12.8 Å². The Bertz CT molecular complexity index is 1480. The van der Waals surface area contributed by atoms with Gasteiger partial charge in [-0.2, -0.15) is 0 Å². The average Bonchev–Trinajstić information content (AvgIpc) is 2.99. The van der Waals surface area contributed by atoms with Crippen molar-refractivity contribution in [2.45, 2.75) is 69.0 Å². The summed E-state index contributed by atoms with van der Waals surface area (Å²) < 4.78 is 42.4. The molecule has 0 unspecified atom stereocenters. The Morgan fingerprint density at radius 1 is 0.976 bits per heavy atom. The Hall–Kier alpha value is -3.14. The average molecular weight is 635 g/mol. The van der Waals surface area contributed by atoms with Gasteiger partial charge in [0, 0.05) is 17.6 Å². The molecule has 0 spiro atoms. The summed E-state index contributed by atoms with van der Waals surface area (Å²) in [5.41, 5.74) is 0.620. The van der Waals surface area contributed by atoms with Crippen LogP contribution in [-0.4, -0.2) is 43.8 Å². The van der Waals surface area contributed by atoms with E-state index in [1.54, 1.807) is 25.1 Å². The molecule has 7 nitrogen and oxygen atoms in total. The van der Waals surface area contributed by atoms with E-state index in [4.69, 9.17) is 23.2 Å². The molecule has 3 aromatic rings. The summed E-state index contributed by atoms with van der Waals surface area (Å²) in [6.45, 7) is 1.12. The maximum atomic E-state index is 14.2. The summed E-state index contributed by atoms with van der Waals surface area (Å²) in [6.07, 6.45) is 5.18. The molecule has 0 heterocycles. The van der Waals surface area contributed by atoms with Gasteiger partial charge in [-0.05, 0) is 67.3 Å². The van der Waals surface area contributed by atoms with E-state index in [-0.39, 0.29) is 45.5 Å².